The van der Waals surface area contributed by atoms with Gasteiger partial charge in [0.2, 0.25) is 0 Å². The molecule has 2 aromatic rings. The van der Waals surface area contributed by atoms with Crippen LogP contribution in [-0.4, -0.2) is 23.6 Å². The number of nitro groups is 1. The maximum absolute atomic E-state index is 12.2. The molecule has 0 heterocycles. The molecule has 0 aliphatic rings. The Morgan fingerprint density at radius 1 is 1.12 bits per heavy atom. The number of ether oxygens (including phenoxy) is 2. The van der Waals surface area contributed by atoms with Gasteiger partial charge >= 0.3 is 12.1 Å². The van der Waals surface area contributed by atoms with Gasteiger partial charge in [0.1, 0.15) is 5.75 Å². The van der Waals surface area contributed by atoms with E-state index in [1.54, 1.807) is 19.1 Å². The zero-order valence-corrected chi connectivity index (χ0v) is 12.7. The van der Waals surface area contributed by atoms with Crippen molar-refractivity contribution in [1.29, 1.82) is 0 Å². The SMILES string of the molecule is CCOC(=O)Nc1ccccc1C(=O)Oc1ccc([N+](=O)[O-])cc1. The highest BCUT2D eigenvalue weighted by Crippen LogP contribution is 2.21. The summed E-state index contributed by atoms with van der Waals surface area (Å²) in [5.74, 6) is -0.562. The zero-order valence-electron chi connectivity index (χ0n) is 12.7. The molecule has 1 amide bonds. The minimum Gasteiger partial charge on any atom is -0.450 e. The lowest BCUT2D eigenvalue weighted by molar-refractivity contribution is -0.384. The van der Waals surface area contributed by atoms with Crippen LogP contribution >= 0.6 is 0 Å². The quantitative estimate of drug-likeness (QED) is 0.390. The molecule has 8 nitrogen and oxygen atoms in total. The fourth-order valence-corrected chi connectivity index (χ4v) is 1.85. The molecule has 1 N–H and O–H groups in total. The molecule has 124 valence electrons. The number of nitrogens with zero attached hydrogens (tertiary/aromatic N) is 1. The molecular weight excluding hydrogens is 316 g/mol. The predicted molar refractivity (Wildman–Crippen MR) is 85.1 cm³/mol. The van der Waals surface area contributed by atoms with E-state index in [0.717, 1.165) is 0 Å². The summed E-state index contributed by atoms with van der Waals surface area (Å²) in [6.07, 6.45) is -0.687. The predicted octanol–water partition coefficient (Wildman–Crippen LogP) is 3.38. The van der Waals surface area contributed by atoms with Crippen LogP contribution in [-0.2, 0) is 4.74 Å². The van der Waals surface area contributed by atoms with Gasteiger partial charge in [-0.3, -0.25) is 15.4 Å². The first-order valence-corrected chi connectivity index (χ1v) is 7.00. The van der Waals surface area contributed by atoms with Crippen molar-refractivity contribution in [3.8, 4) is 5.75 Å². The molecule has 0 spiro atoms. The summed E-state index contributed by atoms with van der Waals surface area (Å²) in [5, 5.41) is 13.1. The van der Waals surface area contributed by atoms with Crippen LogP contribution in [0.4, 0.5) is 16.2 Å². The van der Waals surface area contributed by atoms with E-state index in [9.17, 15) is 19.7 Å². The van der Waals surface area contributed by atoms with Crippen molar-refractivity contribution < 1.29 is 24.0 Å². The maximum atomic E-state index is 12.2. The van der Waals surface area contributed by atoms with Gasteiger partial charge in [-0.15, -0.1) is 0 Å². The number of amides is 1. The number of hydrogen-bond donors (Lipinski definition) is 1. The van der Waals surface area contributed by atoms with E-state index in [1.165, 1.54) is 36.4 Å². The van der Waals surface area contributed by atoms with Gasteiger partial charge in [-0.05, 0) is 31.2 Å². The number of hydrogen-bond acceptors (Lipinski definition) is 6. The molecule has 0 fully saturated rings. The number of rotatable bonds is 5. The van der Waals surface area contributed by atoms with Gasteiger partial charge in [0.15, 0.2) is 0 Å². The molecule has 8 heteroatoms. The summed E-state index contributed by atoms with van der Waals surface area (Å²) in [6.45, 7) is 1.86. The molecular formula is C16H14N2O6. The fourth-order valence-electron chi connectivity index (χ4n) is 1.85. The van der Waals surface area contributed by atoms with Crippen LogP contribution in [0.25, 0.3) is 0 Å². The van der Waals surface area contributed by atoms with Gasteiger partial charge in [0.25, 0.3) is 5.69 Å². The summed E-state index contributed by atoms with van der Waals surface area (Å²) in [4.78, 5) is 33.8. The average molecular weight is 330 g/mol. The summed E-state index contributed by atoms with van der Waals surface area (Å²) < 4.78 is 9.93. The first-order chi connectivity index (χ1) is 11.5. The van der Waals surface area contributed by atoms with Crippen molar-refractivity contribution in [2.75, 3.05) is 11.9 Å². The molecule has 24 heavy (non-hydrogen) atoms. The van der Waals surface area contributed by atoms with Gasteiger partial charge in [-0.2, -0.15) is 0 Å². The van der Waals surface area contributed by atoms with Crippen molar-refractivity contribution in [1.82, 2.24) is 0 Å². The lowest BCUT2D eigenvalue weighted by Gasteiger charge is -2.10. The lowest BCUT2D eigenvalue weighted by atomic mass is 10.2. The van der Waals surface area contributed by atoms with Crippen molar-refractivity contribution >= 4 is 23.4 Å². The minimum absolute atomic E-state index is 0.112. The number of carbonyl (C=O) groups is 2. The van der Waals surface area contributed by atoms with Crippen LogP contribution in [0, 0.1) is 10.1 Å². The smallest absolute Gasteiger partial charge is 0.411 e. The van der Waals surface area contributed by atoms with Gasteiger partial charge in [0.05, 0.1) is 22.8 Å². The highest BCUT2D eigenvalue weighted by molar-refractivity contribution is 6.00. The maximum Gasteiger partial charge on any atom is 0.411 e. The third kappa shape index (κ3) is 4.29. The van der Waals surface area contributed by atoms with Crippen LogP contribution in [0.1, 0.15) is 17.3 Å². The highest BCUT2D eigenvalue weighted by Gasteiger charge is 2.16. The number of nitrogens with one attached hydrogen (secondary N) is 1. The molecule has 2 rings (SSSR count). The summed E-state index contributed by atoms with van der Waals surface area (Å²) in [7, 11) is 0. The number of anilines is 1. The Bertz CT molecular complexity index is 757. The zero-order chi connectivity index (χ0) is 17.5. The summed E-state index contributed by atoms with van der Waals surface area (Å²) in [6, 6.07) is 11.4. The van der Waals surface area contributed by atoms with E-state index in [4.69, 9.17) is 9.47 Å². The van der Waals surface area contributed by atoms with E-state index in [1.807, 2.05) is 0 Å². The highest BCUT2D eigenvalue weighted by atomic mass is 16.6. The van der Waals surface area contributed by atoms with Crippen LogP contribution < -0.4 is 10.1 Å². The Hall–Kier alpha value is -3.42. The molecule has 0 bridgehead atoms. The number of non-ortho nitro benzene ring substituents is 1. The van der Waals surface area contributed by atoms with Crippen LogP contribution in [0.3, 0.4) is 0 Å². The Balaban J connectivity index is 2.14. The Morgan fingerprint density at radius 3 is 2.42 bits per heavy atom. The topological polar surface area (TPSA) is 108 Å². The van der Waals surface area contributed by atoms with Crippen LogP contribution in [0.2, 0.25) is 0 Å². The molecule has 0 radical (unpaired) electrons. The number of nitro benzene ring substituents is 1. The second-order valence-corrected chi connectivity index (χ2v) is 4.53. The Kier molecular flexibility index (Phi) is 5.45. The third-order valence-electron chi connectivity index (χ3n) is 2.92. The second kappa shape index (κ2) is 7.73. The Labute approximate surface area is 137 Å². The first kappa shape index (κ1) is 16.9. The van der Waals surface area contributed by atoms with E-state index in [-0.39, 0.29) is 29.3 Å². The van der Waals surface area contributed by atoms with E-state index < -0.39 is 17.0 Å². The molecule has 2 aromatic carbocycles. The fraction of sp³-hybridized carbons (Fsp3) is 0.125. The minimum atomic E-state index is -0.712. The van der Waals surface area contributed by atoms with Crippen LogP contribution in [0.15, 0.2) is 48.5 Å². The molecule has 0 unspecified atom stereocenters. The number of esters is 1. The van der Waals surface area contributed by atoms with Crippen molar-refractivity contribution in [3.05, 3.63) is 64.2 Å². The van der Waals surface area contributed by atoms with Crippen LogP contribution in [0.5, 0.6) is 5.75 Å². The number of benzene rings is 2. The molecule has 0 atom stereocenters. The van der Waals surface area contributed by atoms with Gasteiger partial charge in [0, 0.05) is 12.1 Å². The average Bonchev–Trinajstić information content (AvgIpc) is 2.56. The summed E-state index contributed by atoms with van der Waals surface area (Å²) in [5.41, 5.74) is 0.256. The standard InChI is InChI=1S/C16H14N2O6/c1-2-23-16(20)17-14-6-4-3-5-13(14)15(19)24-12-9-7-11(8-10-12)18(21)22/h3-10H,2H2,1H3,(H,17,20). The normalized spacial score (nSPS) is 9.88. The van der Waals surface area contributed by atoms with Crippen molar-refractivity contribution in [3.63, 3.8) is 0 Å². The number of para-hydroxylation sites is 1. The third-order valence-corrected chi connectivity index (χ3v) is 2.92. The van der Waals surface area contributed by atoms with E-state index in [2.05, 4.69) is 5.32 Å². The molecule has 0 aliphatic carbocycles. The molecule has 0 aromatic heterocycles. The van der Waals surface area contributed by atoms with Gasteiger partial charge < -0.3 is 9.47 Å². The second-order valence-electron chi connectivity index (χ2n) is 4.53. The molecule has 0 aliphatic heterocycles. The van der Waals surface area contributed by atoms with E-state index >= 15 is 0 Å². The Morgan fingerprint density at radius 2 is 1.79 bits per heavy atom. The molecule has 0 saturated carbocycles. The van der Waals surface area contributed by atoms with E-state index in [0.29, 0.717) is 0 Å². The van der Waals surface area contributed by atoms with Crippen molar-refractivity contribution in [2.24, 2.45) is 0 Å². The monoisotopic (exact) mass is 330 g/mol. The van der Waals surface area contributed by atoms with Gasteiger partial charge in [-0.1, -0.05) is 12.1 Å². The largest absolute Gasteiger partial charge is 0.450 e. The summed E-state index contributed by atoms with van der Waals surface area (Å²) >= 11 is 0. The molecule has 0 saturated heterocycles. The van der Waals surface area contributed by atoms with Crippen molar-refractivity contribution in [2.45, 2.75) is 6.92 Å². The van der Waals surface area contributed by atoms with Gasteiger partial charge in [-0.25, -0.2) is 9.59 Å². The first-order valence-electron chi connectivity index (χ1n) is 7.00. The lowest BCUT2D eigenvalue weighted by Crippen LogP contribution is -2.17. The number of carbonyl (C=O) groups excluding carboxylic acids is 2.